The molecule has 0 spiro atoms. The summed E-state index contributed by atoms with van der Waals surface area (Å²) in [7, 11) is 0. The van der Waals surface area contributed by atoms with Gasteiger partial charge in [0.1, 0.15) is 11.8 Å². The van der Waals surface area contributed by atoms with Crippen LogP contribution in [0.25, 0.3) is 0 Å². The van der Waals surface area contributed by atoms with Gasteiger partial charge in [0.2, 0.25) is 0 Å². The van der Waals surface area contributed by atoms with Gasteiger partial charge in [-0.25, -0.2) is 4.98 Å². The van der Waals surface area contributed by atoms with Crippen LogP contribution in [-0.4, -0.2) is 30.1 Å². The summed E-state index contributed by atoms with van der Waals surface area (Å²) in [5.41, 5.74) is 0.471. The van der Waals surface area contributed by atoms with Crippen molar-refractivity contribution < 1.29 is 9.53 Å². The molecule has 1 aromatic heterocycles. The Morgan fingerprint density at radius 1 is 1.67 bits per heavy atom. The minimum Gasteiger partial charge on any atom is -0.379 e. The summed E-state index contributed by atoms with van der Waals surface area (Å²) >= 11 is 5.92. The minimum absolute atomic E-state index is 0.000222. The van der Waals surface area contributed by atoms with E-state index in [1.54, 1.807) is 0 Å². The van der Waals surface area contributed by atoms with Crippen LogP contribution in [-0.2, 0) is 4.74 Å². The second-order valence-electron chi connectivity index (χ2n) is 4.05. The Balaban J connectivity index is 2.06. The number of hydrogen-bond acceptors (Lipinski definition) is 4. The fourth-order valence-corrected chi connectivity index (χ4v) is 2.03. The Morgan fingerprint density at radius 3 is 3.11 bits per heavy atom. The Bertz CT molecular complexity index is 493. The SMILES string of the molecule is N#Cc1cnc(C(=O)NC2CCCOC2)c(Cl)c1. The van der Waals surface area contributed by atoms with E-state index in [0.29, 0.717) is 12.2 Å². The third-order valence-electron chi connectivity index (χ3n) is 2.68. The van der Waals surface area contributed by atoms with Crippen molar-refractivity contribution in [3.63, 3.8) is 0 Å². The molecule has 0 bridgehead atoms. The second kappa shape index (κ2) is 5.80. The van der Waals surface area contributed by atoms with Crippen LogP contribution in [0.5, 0.6) is 0 Å². The maximum absolute atomic E-state index is 11.9. The van der Waals surface area contributed by atoms with Gasteiger partial charge in [-0.3, -0.25) is 4.79 Å². The molecule has 5 nitrogen and oxygen atoms in total. The molecule has 1 N–H and O–H groups in total. The van der Waals surface area contributed by atoms with E-state index in [2.05, 4.69) is 10.3 Å². The number of rotatable bonds is 2. The zero-order valence-electron chi connectivity index (χ0n) is 9.65. The number of amides is 1. The van der Waals surface area contributed by atoms with Gasteiger partial charge in [-0.1, -0.05) is 11.6 Å². The molecular formula is C12H12ClN3O2. The van der Waals surface area contributed by atoms with Crippen LogP contribution in [0.1, 0.15) is 28.9 Å². The molecular weight excluding hydrogens is 254 g/mol. The number of halogens is 1. The van der Waals surface area contributed by atoms with Crippen molar-refractivity contribution in [2.75, 3.05) is 13.2 Å². The molecule has 2 heterocycles. The first-order chi connectivity index (χ1) is 8.70. The van der Waals surface area contributed by atoms with E-state index in [4.69, 9.17) is 21.6 Å². The van der Waals surface area contributed by atoms with Crippen molar-refractivity contribution in [2.24, 2.45) is 0 Å². The zero-order chi connectivity index (χ0) is 13.0. The number of hydrogen-bond donors (Lipinski definition) is 1. The summed E-state index contributed by atoms with van der Waals surface area (Å²) in [6, 6.07) is 3.35. The normalized spacial score (nSPS) is 19.0. The van der Waals surface area contributed by atoms with E-state index in [0.717, 1.165) is 19.4 Å². The monoisotopic (exact) mass is 265 g/mol. The van der Waals surface area contributed by atoms with Crippen molar-refractivity contribution in [1.82, 2.24) is 10.3 Å². The molecule has 1 aliphatic heterocycles. The van der Waals surface area contributed by atoms with Crippen molar-refractivity contribution in [3.8, 4) is 6.07 Å². The fourth-order valence-electron chi connectivity index (χ4n) is 1.77. The van der Waals surface area contributed by atoms with Crippen LogP contribution >= 0.6 is 11.6 Å². The highest BCUT2D eigenvalue weighted by Gasteiger charge is 2.19. The zero-order valence-corrected chi connectivity index (χ0v) is 10.4. The Morgan fingerprint density at radius 2 is 2.50 bits per heavy atom. The average Bonchev–Trinajstić information content (AvgIpc) is 2.39. The Hall–Kier alpha value is -1.64. The van der Waals surface area contributed by atoms with Crippen LogP contribution in [0.4, 0.5) is 0 Å². The molecule has 1 aromatic rings. The Kier molecular flexibility index (Phi) is 4.13. The molecule has 1 saturated heterocycles. The number of nitriles is 1. The summed E-state index contributed by atoms with van der Waals surface area (Å²) < 4.78 is 5.27. The van der Waals surface area contributed by atoms with Crippen LogP contribution in [0.15, 0.2) is 12.3 Å². The van der Waals surface area contributed by atoms with Crippen molar-refractivity contribution in [2.45, 2.75) is 18.9 Å². The van der Waals surface area contributed by atoms with E-state index in [1.807, 2.05) is 6.07 Å². The molecule has 18 heavy (non-hydrogen) atoms. The lowest BCUT2D eigenvalue weighted by Crippen LogP contribution is -2.41. The topological polar surface area (TPSA) is 75.0 Å². The lowest BCUT2D eigenvalue weighted by molar-refractivity contribution is 0.0622. The van der Waals surface area contributed by atoms with E-state index in [-0.39, 0.29) is 22.7 Å². The van der Waals surface area contributed by atoms with Gasteiger partial charge in [0.15, 0.2) is 0 Å². The molecule has 1 unspecified atom stereocenters. The highest BCUT2D eigenvalue weighted by atomic mass is 35.5. The summed E-state index contributed by atoms with van der Waals surface area (Å²) in [4.78, 5) is 15.8. The number of ether oxygens (including phenoxy) is 1. The minimum atomic E-state index is -0.333. The van der Waals surface area contributed by atoms with Crippen LogP contribution < -0.4 is 5.32 Å². The number of nitrogens with one attached hydrogen (secondary N) is 1. The standard InChI is InChI=1S/C12H12ClN3O2/c13-10-4-8(5-14)6-15-11(10)12(17)16-9-2-1-3-18-7-9/h4,6,9H,1-3,7H2,(H,16,17). The Labute approximate surface area is 110 Å². The third-order valence-corrected chi connectivity index (χ3v) is 2.97. The third kappa shape index (κ3) is 2.97. The average molecular weight is 266 g/mol. The summed E-state index contributed by atoms with van der Waals surface area (Å²) in [5, 5.41) is 11.7. The van der Waals surface area contributed by atoms with E-state index in [1.165, 1.54) is 12.3 Å². The van der Waals surface area contributed by atoms with Gasteiger partial charge in [-0.15, -0.1) is 0 Å². The fraction of sp³-hybridized carbons (Fsp3) is 0.417. The molecule has 94 valence electrons. The van der Waals surface area contributed by atoms with Crippen molar-refractivity contribution in [3.05, 3.63) is 28.5 Å². The van der Waals surface area contributed by atoms with E-state index in [9.17, 15) is 4.79 Å². The van der Waals surface area contributed by atoms with Gasteiger partial charge in [0.25, 0.3) is 5.91 Å². The number of nitrogens with zero attached hydrogens (tertiary/aromatic N) is 2. The van der Waals surface area contributed by atoms with E-state index < -0.39 is 0 Å². The smallest absolute Gasteiger partial charge is 0.271 e. The van der Waals surface area contributed by atoms with Crippen LogP contribution in [0, 0.1) is 11.3 Å². The molecule has 1 atom stereocenters. The first-order valence-corrected chi connectivity index (χ1v) is 6.03. The number of aromatic nitrogens is 1. The number of pyridine rings is 1. The van der Waals surface area contributed by atoms with Crippen LogP contribution in [0.2, 0.25) is 5.02 Å². The molecule has 2 rings (SSSR count). The molecule has 6 heteroatoms. The number of carbonyl (C=O) groups excluding carboxylic acids is 1. The second-order valence-corrected chi connectivity index (χ2v) is 4.46. The molecule has 1 fully saturated rings. The summed E-state index contributed by atoms with van der Waals surface area (Å²) in [6.45, 7) is 1.25. The first kappa shape index (κ1) is 12.8. The first-order valence-electron chi connectivity index (χ1n) is 5.65. The van der Waals surface area contributed by atoms with Crippen LogP contribution in [0.3, 0.4) is 0 Å². The largest absolute Gasteiger partial charge is 0.379 e. The van der Waals surface area contributed by atoms with Gasteiger partial charge in [-0.2, -0.15) is 5.26 Å². The number of carbonyl (C=O) groups is 1. The molecule has 1 aliphatic rings. The predicted octanol–water partition coefficient (Wildman–Crippen LogP) is 1.52. The molecule has 0 aromatic carbocycles. The van der Waals surface area contributed by atoms with E-state index >= 15 is 0 Å². The van der Waals surface area contributed by atoms with Gasteiger partial charge in [0, 0.05) is 12.8 Å². The molecule has 0 saturated carbocycles. The predicted molar refractivity (Wildman–Crippen MR) is 65.3 cm³/mol. The molecule has 0 aliphatic carbocycles. The lowest BCUT2D eigenvalue weighted by Gasteiger charge is -2.23. The molecule has 1 amide bonds. The van der Waals surface area contributed by atoms with Crippen molar-refractivity contribution in [1.29, 1.82) is 5.26 Å². The maximum Gasteiger partial charge on any atom is 0.271 e. The molecule has 0 radical (unpaired) electrons. The van der Waals surface area contributed by atoms with Gasteiger partial charge in [-0.05, 0) is 18.9 Å². The highest BCUT2D eigenvalue weighted by Crippen LogP contribution is 2.15. The summed E-state index contributed by atoms with van der Waals surface area (Å²) in [6.07, 6.45) is 3.15. The van der Waals surface area contributed by atoms with Crippen molar-refractivity contribution >= 4 is 17.5 Å². The van der Waals surface area contributed by atoms with Gasteiger partial charge in [0.05, 0.1) is 23.2 Å². The summed E-state index contributed by atoms with van der Waals surface area (Å²) in [5.74, 6) is -0.333. The lowest BCUT2D eigenvalue weighted by atomic mass is 10.1. The maximum atomic E-state index is 11.9. The van der Waals surface area contributed by atoms with Gasteiger partial charge >= 0.3 is 0 Å². The quantitative estimate of drug-likeness (QED) is 0.880. The highest BCUT2D eigenvalue weighted by molar-refractivity contribution is 6.33. The van der Waals surface area contributed by atoms with Gasteiger partial charge < -0.3 is 10.1 Å².